The van der Waals surface area contributed by atoms with Crippen molar-refractivity contribution in [3.63, 3.8) is 0 Å². The number of hydrogen-bond acceptors (Lipinski definition) is 3. The first kappa shape index (κ1) is 14.3. The summed E-state index contributed by atoms with van der Waals surface area (Å²) in [5.74, 6) is -1.30. The second-order valence-corrected chi connectivity index (χ2v) is 5.38. The van der Waals surface area contributed by atoms with Crippen LogP contribution >= 0.6 is 0 Å². The highest BCUT2D eigenvalue weighted by atomic mass is 16.4. The molecule has 5 heteroatoms. The molecule has 2 aromatic rings. The monoisotopic (exact) mass is 296 g/mol. The van der Waals surface area contributed by atoms with E-state index in [4.69, 9.17) is 5.11 Å². The fourth-order valence-corrected chi connectivity index (χ4v) is 2.67. The lowest BCUT2D eigenvalue weighted by Gasteiger charge is -2.16. The van der Waals surface area contributed by atoms with E-state index in [-0.39, 0.29) is 11.6 Å². The number of benzene rings is 1. The van der Waals surface area contributed by atoms with Crippen molar-refractivity contribution in [2.24, 2.45) is 0 Å². The van der Waals surface area contributed by atoms with E-state index in [0.717, 1.165) is 12.8 Å². The number of pyridine rings is 1. The zero-order chi connectivity index (χ0) is 15.5. The van der Waals surface area contributed by atoms with Gasteiger partial charge < -0.3 is 10.4 Å². The standard InChI is InChI=1S/C17H16N2O3/c20-16(19-14-7-8-15(17(21)22)18-10-14)13-6-5-11-3-1-2-4-12(11)9-13/h5-10H,1-4H2,(H,19,20)(H,21,22). The number of carboxylic acids is 1. The van der Waals surface area contributed by atoms with E-state index in [9.17, 15) is 9.59 Å². The lowest BCUT2D eigenvalue weighted by molar-refractivity contribution is 0.0690. The first-order valence-electron chi connectivity index (χ1n) is 7.26. The number of anilines is 1. The molecule has 0 saturated heterocycles. The zero-order valence-electron chi connectivity index (χ0n) is 12.0. The van der Waals surface area contributed by atoms with Crippen LogP contribution in [0.25, 0.3) is 0 Å². The number of aromatic nitrogens is 1. The third kappa shape index (κ3) is 2.98. The van der Waals surface area contributed by atoms with Crippen molar-refractivity contribution in [3.8, 4) is 0 Å². The summed E-state index contributed by atoms with van der Waals surface area (Å²) < 4.78 is 0. The molecule has 0 bridgehead atoms. The highest BCUT2D eigenvalue weighted by Gasteiger charge is 2.13. The minimum Gasteiger partial charge on any atom is -0.477 e. The van der Waals surface area contributed by atoms with Gasteiger partial charge >= 0.3 is 5.97 Å². The molecule has 1 aromatic carbocycles. The van der Waals surface area contributed by atoms with Crippen molar-refractivity contribution in [2.45, 2.75) is 25.7 Å². The van der Waals surface area contributed by atoms with E-state index in [1.54, 1.807) is 0 Å². The summed E-state index contributed by atoms with van der Waals surface area (Å²) >= 11 is 0. The predicted molar refractivity (Wildman–Crippen MR) is 82.2 cm³/mol. The Kier molecular flexibility index (Phi) is 3.87. The van der Waals surface area contributed by atoms with Crippen LogP contribution in [0.4, 0.5) is 5.69 Å². The van der Waals surface area contributed by atoms with Gasteiger partial charge in [-0.3, -0.25) is 4.79 Å². The molecule has 112 valence electrons. The average molecular weight is 296 g/mol. The molecule has 1 aliphatic carbocycles. The van der Waals surface area contributed by atoms with Crippen molar-refractivity contribution in [1.29, 1.82) is 0 Å². The summed E-state index contributed by atoms with van der Waals surface area (Å²) in [7, 11) is 0. The van der Waals surface area contributed by atoms with Crippen molar-refractivity contribution in [2.75, 3.05) is 5.32 Å². The molecule has 0 unspecified atom stereocenters. The topological polar surface area (TPSA) is 79.3 Å². The van der Waals surface area contributed by atoms with Crippen molar-refractivity contribution < 1.29 is 14.7 Å². The molecule has 1 amide bonds. The molecule has 1 aliphatic rings. The van der Waals surface area contributed by atoms with Crippen LogP contribution in [-0.2, 0) is 12.8 Å². The molecule has 0 spiro atoms. The number of carboxylic acid groups (broad SMARTS) is 1. The van der Waals surface area contributed by atoms with Crippen LogP contribution < -0.4 is 5.32 Å². The summed E-state index contributed by atoms with van der Waals surface area (Å²) in [6, 6.07) is 8.70. The largest absolute Gasteiger partial charge is 0.477 e. The van der Waals surface area contributed by atoms with E-state index in [1.807, 2.05) is 18.2 Å². The lowest BCUT2D eigenvalue weighted by atomic mass is 9.90. The Morgan fingerprint density at radius 3 is 2.50 bits per heavy atom. The van der Waals surface area contributed by atoms with Crippen LogP contribution in [0.2, 0.25) is 0 Å². The fraction of sp³-hybridized carbons (Fsp3) is 0.235. The Morgan fingerprint density at radius 2 is 1.82 bits per heavy atom. The second kappa shape index (κ2) is 5.97. The van der Waals surface area contributed by atoms with Crippen LogP contribution in [-0.4, -0.2) is 22.0 Å². The maximum atomic E-state index is 12.3. The Hall–Kier alpha value is -2.69. The molecule has 22 heavy (non-hydrogen) atoms. The van der Waals surface area contributed by atoms with Crippen LogP contribution in [0.15, 0.2) is 36.5 Å². The molecule has 0 saturated carbocycles. The minimum absolute atomic E-state index is 0.0493. The van der Waals surface area contributed by atoms with Gasteiger partial charge in [-0.1, -0.05) is 6.07 Å². The predicted octanol–water partition coefficient (Wildman–Crippen LogP) is 2.91. The van der Waals surface area contributed by atoms with Gasteiger partial charge in [0, 0.05) is 5.56 Å². The number of hydrogen-bond donors (Lipinski definition) is 2. The van der Waals surface area contributed by atoms with Gasteiger partial charge in [0.1, 0.15) is 5.69 Å². The molecule has 0 fully saturated rings. The van der Waals surface area contributed by atoms with Gasteiger partial charge in [0.05, 0.1) is 11.9 Å². The smallest absolute Gasteiger partial charge is 0.354 e. The zero-order valence-corrected chi connectivity index (χ0v) is 12.0. The van der Waals surface area contributed by atoms with Gasteiger partial charge in [-0.25, -0.2) is 9.78 Å². The normalized spacial score (nSPS) is 13.3. The van der Waals surface area contributed by atoms with Crippen LogP contribution in [0, 0.1) is 0 Å². The number of aryl methyl sites for hydroxylation is 2. The SMILES string of the molecule is O=C(Nc1ccc(C(=O)O)nc1)c1ccc2c(c1)CCCC2. The van der Waals surface area contributed by atoms with Gasteiger partial charge in [0.2, 0.25) is 0 Å². The summed E-state index contributed by atoms with van der Waals surface area (Å²) in [5.41, 5.74) is 3.62. The van der Waals surface area contributed by atoms with Crippen molar-refractivity contribution >= 4 is 17.6 Å². The second-order valence-electron chi connectivity index (χ2n) is 5.38. The highest BCUT2D eigenvalue weighted by Crippen LogP contribution is 2.22. The quantitative estimate of drug-likeness (QED) is 0.912. The van der Waals surface area contributed by atoms with Gasteiger partial charge in [-0.05, 0) is 61.1 Å². The number of aromatic carboxylic acids is 1. The van der Waals surface area contributed by atoms with E-state index in [1.165, 1.54) is 42.3 Å². The maximum Gasteiger partial charge on any atom is 0.354 e. The van der Waals surface area contributed by atoms with Gasteiger partial charge in [0.25, 0.3) is 5.91 Å². The van der Waals surface area contributed by atoms with E-state index >= 15 is 0 Å². The number of carbonyl (C=O) groups excluding carboxylic acids is 1. The van der Waals surface area contributed by atoms with Crippen LogP contribution in [0.3, 0.4) is 0 Å². The van der Waals surface area contributed by atoms with Gasteiger partial charge in [0.15, 0.2) is 0 Å². The molecule has 0 aliphatic heterocycles. The average Bonchev–Trinajstić information content (AvgIpc) is 2.55. The van der Waals surface area contributed by atoms with Gasteiger partial charge in [-0.15, -0.1) is 0 Å². The number of rotatable bonds is 3. The van der Waals surface area contributed by atoms with Crippen LogP contribution in [0.1, 0.15) is 44.8 Å². The lowest BCUT2D eigenvalue weighted by Crippen LogP contribution is -2.14. The molecule has 0 radical (unpaired) electrons. The van der Waals surface area contributed by atoms with Crippen molar-refractivity contribution in [1.82, 2.24) is 4.98 Å². The number of carbonyl (C=O) groups is 2. The molecule has 1 heterocycles. The third-order valence-corrected chi connectivity index (χ3v) is 3.85. The van der Waals surface area contributed by atoms with Crippen LogP contribution in [0.5, 0.6) is 0 Å². The molecule has 3 rings (SSSR count). The summed E-state index contributed by atoms with van der Waals surface area (Å²) in [6.45, 7) is 0. The van der Waals surface area contributed by atoms with E-state index in [0.29, 0.717) is 11.3 Å². The molecule has 1 aromatic heterocycles. The Bertz CT molecular complexity index is 723. The first-order valence-corrected chi connectivity index (χ1v) is 7.26. The number of nitrogens with one attached hydrogen (secondary N) is 1. The molecular formula is C17H16N2O3. The number of fused-ring (bicyclic) bond motifs is 1. The number of nitrogens with zero attached hydrogens (tertiary/aromatic N) is 1. The minimum atomic E-state index is -1.09. The van der Waals surface area contributed by atoms with Gasteiger partial charge in [-0.2, -0.15) is 0 Å². The number of amides is 1. The highest BCUT2D eigenvalue weighted by molar-refractivity contribution is 6.04. The summed E-state index contributed by atoms with van der Waals surface area (Å²) in [6.07, 6.45) is 5.82. The molecule has 5 nitrogen and oxygen atoms in total. The first-order chi connectivity index (χ1) is 10.6. The Labute approximate surface area is 128 Å². The Morgan fingerprint density at radius 1 is 1.05 bits per heavy atom. The fourth-order valence-electron chi connectivity index (χ4n) is 2.67. The van der Waals surface area contributed by atoms with Crippen molar-refractivity contribution in [3.05, 3.63) is 58.9 Å². The maximum absolute atomic E-state index is 12.3. The molecule has 2 N–H and O–H groups in total. The molecule has 0 atom stereocenters. The summed E-state index contributed by atoms with van der Waals surface area (Å²) in [5, 5.41) is 11.5. The summed E-state index contributed by atoms with van der Waals surface area (Å²) in [4.78, 5) is 26.8. The molecular weight excluding hydrogens is 280 g/mol. The van der Waals surface area contributed by atoms with E-state index < -0.39 is 5.97 Å². The third-order valence-electron chi connectivity index (χ3n) is 3.85. The Balaban J connectivity index is 1.75. The van der Waals surface area contributed by atoms with E-state index in [2.05, 4.69) is 10.3 Å².